The molecule has 0 aliphatic carbocycles. The van der Waals surface area contributed by atoms with Gasteiger partial charge in [-0.05, 0) is 30.5 Å². The van der Waals surface area contributed by atoms with Crippen molar-refractivity contribution in [1.29, 1.82) is 0 Å². The van der Waals surface area contributed by atoms with Gasteiger partial charge in [0.05, 0.1) is 5.69 Å². The first-order chi connectivity index (χ1) is 8.51. The summed E-state index contributed by atoms with van der Waals surface area (Å²) >= 11 is 1.15. The number of amides is 1. The maximum absolute atomic E-state index is 12.3. The van der Waals surface area contributed by atoms with E-state index in [0.717, 1.165) is 21.2 Å². The van der Waals surface area contributed by atoms with Crippen LogP contribution in [0.5, 0.6) is 0 Å². The summed E-state index contributed by atoms with van der Waals surface area (Å²) in [5, 5.41) is 1.62. The van der Waals surface area contributed by atoms with Gasteiger partial charge >= 0.3 is 0 Å². The Labute approximate surface area is 109 Å². The van der Waals surface area contributed by atoms with Gasteiger partial charge < -0.3 is 0 Å². The monoisotopic (exact) mass is 279 g/mol. The Morgan fingerprint density at radius 1 is 1.11 bits per heavy atom. The lowest BCUT2D eigenvalue weighted by atomic mass is 10.2. The zero-order chi connectivity index (χ0) is 12.9. The summed E-state index contributed by atoms with van der Waals surface area (Å²) in [5.74, 6) is -0.469. The van der Waals surface area contributed by atoms with Crippen molar-refractivity contribution in [3.05, 3.63) is 46.2 Å². The van der Waals surface area contributed by atoms with Crippen molar-refractivity contribution in [2.75, 3.05) is 4.31 Å². The van der Waals surface area contributed by atoms with E-state index in [1.165, 1.54) is 6.07 Å². The first-order valence-corrected chi connectivity index (χ1v) is 7.57. The second kappa shape index (κ2) is 3.66. The molecule has 0 bridgehead atoms. The summed E-state index contributed by atoms with van der Waals surface area (Å²) in [4.78, 5) is 12.5. The van der Waals surface area contributed by atoms with Crippen LogP contribution < -0.4 is 4.31 Å². The lowest BCUT2D eigenvalue weighted by molar-refractivity contribution is 0.101. The van der Waals surface area contributed by atoms with Crippen LogP contribution in [0.4, 0.5) is 5.69 Å². The molecule has 0 atom stereocenters. The first kappa shape index (κ1) is 11.4. The molecule has 0 saturated heterocycles. The van der Waals surface area contributed by atoms with Crippen LogP contribution >= 0.6 is 11.3 Å². The molecule has 2 aromatic rings. The number of nitrogens with zero attached hydrogens (tertiary/aromatic N) is 1. The summed E-state index contributed by atoms with van der Waals surface area (Å²) in [6.07, 6.45) is 0. The standard InChI is InChI=1S/C12H9NO3S2/c1-8-2-4-9(5-3-8)13-12(14)11-10(6-7-17-11)18(13,15)16/h2-7H,1H3. The molecule has 3 rings (SSSR count). The Morgan fingerprint density at radius 3 is 2.39 bits per heavy atom. The fraction of sp³-hybridized carbons (Fsp3) is 0.0833. The SMILES string of the molecule is Cc1ccc(N2C(=O)c3sccc3S2(=O)=O)cc1. The molecular weight excluding hydrogens is 270 g/mol. The van der Waals surface area contributed by atoms with Gasteiger partial charge in [-0.2, -0.15) is 4.31 Å². The molecule has 0 fully saturated rings. The van der Waals surface area contributed by atoms with E-state index in [1.807, 2.05) is 6.92 Å². The molecule has 2 heterocycles. The number of fused-ring (bicyclic) bond motifs is 1. The molecule has 92 valence electrons. The van der Waals surface area contributed by atoms with Crippen molar-refractivity contribution in [2.45, 2.75) is 11.8 Å². The van der Waals surface area contributed by atoms with Gasteiger partial charge in [-0.15, -0.1) is 11.3 Å². The average Bonchev–Trinajstić information content (AvgIpc) is 2.86. The second-order valence-electron chi connectivity index (χ2n) is 4.02. The molecule has 0 saturated carbocycles. The van der Waals surface area contributed by atoms with Gasteiger partial charge in [0.15, 0.2) is 0 Å². The number of benzene rings is 1. The maximum atomic E-state index is 12.3. The fourth-order valence-electron chi connectivity index (χ4n) is 1.89. The minimum Gasteiger partial charge on any atom is -0.267 e. The predicted octanol–water partition coefficient (Wildman–Crippen LogP) is 2.41. The third kappa shape index (κ3) is 1.42. The van der Waals surface area contributed by atoms with Crippen LogP contribution in [-0.4, -0.2) is 14.3 Å². The Hall–Kier alpha value is -1.66. The number of sulfonamides is 1. The Bertz CT molecular complexity index is 729. The second-order valence-corrected chi connectivity index (χ2v) is 6.70. The molecule has 0 spiro atoms. The minimum absolute atomic E-state index is 0.109. The highest BCUT2D eigenvalue weighted by molar-refractivity contribution is 7.94. The van der Waals surface area contributed by atoms with E-state index in [-0.39, 0.29) is 9.77 Å². The zero-order valence-electron chi connectivity index (χ0n) is 9.45. The Balaban J connectivity index is 2.18. The van der Waals surface area contributed by atoms with Crippen molar-refractivity contribution in [3.63, 3.8) is 0 Å². The molecule has 4 nitrogen and oxygen atoms in total. The van der Waals surface area contributed by atoms with Crippen molar-refractivity contribution in [1.82, 2.24) is 0 Å². The molecule has 0 radical (unpaired) electrons. The molecule has 6 heteroatoms. The van der Waals surface area contributed by atoms with Gasteiger partial charge in [-0.3, -0.25) is 4.79 Å². The van der Waals surface area contributed by atoms with Gasteiger partial charge in [0, 0.05) is 0 Å². The topological polar surface area (TPSA) is 54.5 Å². The maximum Gasteiger partial charge on any atom is 0.283 e. The van der Waals surface area contributed by atoms with E-state index in [0.29, 0.717) is 5.69 Å². The summed E-state index contributed by atoms with van der Waals surface area (Å²) in [7, 11) is -3.72. The van der Waals surface area contributed by atoms with Crippen molar-refractivity contribution in [3.8, 4) is 0 Å². The highest BCUT2D eigenvalue weighted by Crippen LogP contribution is 2.37. The lowest BCUT2D eigenvalue weighted by Gasteiger charge is -2.15. The molecule has 18 heavy (non-hydrogen) atoms. The van der Waals surface area contributed by atoms with Crippen molar-refractivity contribution in [2.24, 2.45) is 0 Å². The summed E-state index contributed by atoms with van der Waals surface area (Å²) < 4.78 is 25.4. The predicted molar refractivity (Wildman–Crippen MR) is 69.5 cm³/mol. The smallest absolute Gasteiger partial charge is 0.267 e. The summed E-state index contributed by atoms with van der Waals surface area (Å²) in [6, 6.07) is 8.32. The van der Waals surface area contributed by atoms with E-state index in [1.54, 1.807) is 29.6 Å². The minimum atomic E-state index is -3.72. The highest BCUT2D eigenvalue weighted by Gasteiger charge is 2.43. The molecule has 1 aromatic heterocycles. The number of carbonyl (C=O) groups is 1. The third-order valence-electron chi connectivity index (χ3n) is 2.79. The van der Waals surface area contributed by atoms with Gasteiger partial charge in [0.25, 0.3) is 15.9 Å². The van der Waals surface area contributed by atoms with Crippen molar-refractivity contribution >= 4 is 33.0 Å². The number of rotatable bonds is 1. The molecule has 1 aromatic carbocycles. The number of aryl methyl sites for hydroxylation is 1. The van der Waals surface area contributed by atoms with Gasteiger partial charge in [-0.25, -0.2) is 8.42 Å². The molecular formula is C12H9NO3S2. The van der Waals surface area contributed by atoms with E-state index in [2.05, 4.69) is 0 Å². The van der Waals surface area contributed by atoms with Crippen molar-refractivity contribution < 1.29 is 13.2 Å². The number of hydrogen-bond acceptors (Lipinski definition) is 4. The van der Waals surface area contributed by atoms with E-state index in [4.69, 9.17) is 0 Å². The van der Waals surface area contributed by atoms with Crippen LogP contribution in [0.3, 0.4) is 0 Å². The Morgan fingerprint density at radius 2 is 1.78 bits per heavy atom. The summed E-state index contributed by atoms with van der Waals surface area (Å²) in [6.45, 7) is 1.90. The number of thiophene rings is 1. The molecule has 1 amide bonds. The average molecular weight is 279 g/mol. The largest absolute Gasteiger partial charge is 0.283 e. The zero-order valence-corrected chi connectivity index (χ0v) is 11.1. The number of hydrogen-bond donors (Lipinski definition) is 0. The van der Waals surface area contributed by atoms with Crippen LogP contribution in [0.1, 0.15) is 15.2 Å². The van der Waals surface area contributed by atoms with Crippen LogP contribution in [0, 0.1) is 6.92 Å². The van der Waals surface area contributed by atoms with E-state index >= 15 is 0 Å². The molecule has 1 aliphatic heterocycles. The fourth-order valence-corrected chi connectivity index (χ4v) is 4.68. The van der Waals surface area contributed by atoms with Gasteiger partial charge in [0.1, 0.15) is 9.77 Å². The molecule has 0 N–H and O–H groups in total. The quantitative estimate of drug-likeness (QED) is 0.805. The van der Waals surface area contributed by atoms with Gasteiger partial charge in [0.2, 0.25) is 0 Å². The normalized spacial score (nSPS) is 16.9. The van der Waals surface area contributed by atoms with Crippen LogP contribution in [0.15, 0.2) is 40.6 Å². The molecule has 1 aliphatic rings. The molecule has 0 unspecified atom stereocenters. The number of anilines is 1. The number of carbonyl (C=O) groups excluding carboxylic acids is 1. The van der Waals surface area contributed by atoms with Crippen LogP contribution in [0.25, 0.3) is 0 Å². The lowest BCUT2D eigenvalue weighted by Crippen LogP contribution is -2.29. The Kier molecular flexibility index (Phi) is 2.33. The third-order valence-corrected chi connectivity index (χ3v) is 5.58. The first-order valence-electron chi connectivity index (χ1n) is 5.25. The van der Waals surface area contributed by atoms with Gasteiger partial charge in [-0.1, -0.05) is 17.7 Å². The van der Waals surface area contributed by atoms with E-state index < -0.39 is 15.9 Å². The van der Waals surface area contributed by atoms with Crippen LogP contribution in [-0.2, 0) is 10.0 Å². The van der Waals surface area contributed by atoms with E-state index in [9.17, 15) is 13.2 Å². The highest BCUT2D eigenvalue weighted by atomic mass is 32.2. The van der Waals surface area contributed by atoms with Crippen LogP contribution in [0.2, 0.25) is 0 Å². The summed E-state index contributed by atoms with van der Waals surface area (Å²) in [5.41, 5.74) is 1.39.